The van der Waals surface area contributed by atoms with Crippen molar-refractivity contribution in [1.29, 1.82) is 0 Å². The van der Waals surface area contributed by atoms with E-state index in [2.05, 4.69) is 9.97 Å². The summed E-state index contributed by atoms with van der Waals surface area (Å²) in [6, 6.07) is 3.12. The second kappa shape index (κ2) is 5.37. The number of H-pyrrole nitrogens is 1. The number of hydrogen-bond donors (Lipinski definition) is 1. The molecular formula is C10H6BrClF2N2O. The molecule has 0 radical (unpaired) electrons. The Balaban J connectivity index is 0.00000144. The monoisotopic (exact) mass is 322 g/mol. The van der Waals surface area contributed by atoms with E-state index in [-0.39, 0.29) is 27.7 Å². The molecule has 3 nitrogen and oxygen atoms in total. The lowest BCUT2D eigenvalue weighted by Gasteiger charge is -2.04. The van der Waals surface area contributed by atoms with Crippen LogP contribution in [0.4, 0.5) is 8.78 Å². The van der Waals surface area contributed by atoms with E-state index in [1.807, 2.05) is 0 Å². The molecule has 0 fully saturated rings. The highest BCUT2D eigenvalue weighted by Gasteiger charge is 2.15. The van der Waals surface area contributed by atoms with Crippen molar-refractivity contribution in [1.82, 2.24) is 9.97 Å². The lowest BCUT2D eigenvalue weighted by atomic mass is 10.1. The summed E-state index contributed by atoms with van der Waals surface area (Å²) in [4.78, 5) is 16.9. The number of halogens is 4. The lowest BCUT2D eigenvalue weighted by molar-refractivity contribution is 0.589. The number of aromatic amines is 1. The Labute approximate surface area is 110 Å². The van der Waals surface area contributed by atoms with Crippen molar-refractivity contribution in [3.63, 3.8) is 0 Å². The maximum atomic E-state index is 13.6. The van der Waals surface area contributed by atoms with E-state index in [1.165, 1.54) is 0 Å². The van der Waals surface area contributed by atoms with Gasteiger partial charge in [-0.2, -0.15) is 0 Å². The van der Waals surface area contributed by atoms with Gasteiger partial charge in [0, 0.05) is 6.07 Å². The van der Waals surface area contributed by atoms with Crippen LogP contribution in [0.25, 0.3) is 11.3 Å². The van der Waals surface area contributed by atoms with E-state index in [4.69, 9.17) is 11.6 Å². The molecule has 0 atom stereocenters. The van der Waals surface area contributed by atoms with Gasteiger partial charge >= 0.3 is 0 Å². The SMILES string of the molecule is Br.O=c1cc(-c2c(F)ccc(Cl)c2F)nc[nH]1. The quantitative estimate of drug-likeness (QED) is 0.820. The first-order valence-corrected chi connectivity index (χ1v) is 4.66. The summed E-state index contributed by atoms with van der Waals surface area (Å²) in [5.74, 6) is -1.75. The first kappa shape index (κ1) is 13.8. The normalized spacial score (nSPS) is 9.82. The molecule has 0 spiro atoms. The van der Waals surface area contributed by atoms with Crippen LogP contribution in [-0.2, 0) is 0 Å². The predicted octanol–water partition coefficient (Wildman–Crippen LogP) is 2.95. The topological polar surface area (TPSA) is 45.8 Å². The van der Waals surface area contributed by atoms with Gasteiger partial charge in [-0.1, -0.05) is 11.6 Å². The van der Waals surface area contributed by atoms with E-state index in [0.717, 1.165) is 24.5 Å². The zero-order valence-electron chi connectivity index (χ0n) is 8.21. The van der Waals surface area contributed by atoms with Gasteiger partial charge in [0.1, 0.15) is 5.82 Å². The molecule has 0 unspecified atom stereocenters. The highest BCUT2D eigenvalue weighted by atomic mass is 79.9. The molecule has 0 saturated carbocycles. The molecule has 1 aromatic carbocycles. The number of benzene rings is 1. The molecule has 1 N–H and O–H groups in total. The largest absolute Gasteiger partial charge is 0.313 e. The Morgan fingerprint density at radius 3 is 2.65 bits per heavy atom. The lowest BCUT2D eigenvalue weighted by Crippen LogP contribution is -2.06. The van der Waals surface area contributed by atoms with Crippen LogP contribution in [0.3, 0.4) is 0 Å². The second-order valence-electron chi connectivity index (χ2n) is 3.01. The Bertz CT molecular complexity index is 603. The molecular weight excluding hydrogens is 317 g/mol. The third kappa shape index (κ3) is 2.70. The number of aromatic nitrogens is 2. The fourth-order valence-corrected chi connectivity index (χ4v) is 1.42. The van der Waals surface area contributed by atoms with E-state index in [0.29, 0.717) is 0 Å². The van der Waals surface area contributed by atoms with Crippen LogP contribution < -0.4 is 5.56 Å². The van der Waals surface area contributed by atoms with Gasteiger partial charge < -0.3 is 4.98 Å². The first-order chi connectivity index (χ1) is 7.59. The van der Waals surface area contributed by atoms with Gasteiger partial charge in [0.15, 0.2) is 5.82 Å². The minimum atomic E-state index is -0.931. The summed E-state index contributed by atoms with van der Waals surface area (Å²) in [5, 5.41) is -0.224. The van der Waals surface area contributed by atoms with Gasteiger partial charge in [0.25, 0.3) is 5.56 Å². The van der Waals surface area contributed by atoms with Gasteiger partial charge in [-0.05, 0) is 12.1 Å². The van der Waals surface area contributed by atoms with Gasteiger partial charge in [-0.25, -0.2) is 13.8 Å². The molecule has 2 rings (SSSR count). The van der Waals surface area contributed by atoms with Crippen molar-refractivity contribution < 1.29 is 8.78 Å². The van der Waals surface area contributed by atoms with Crippen molar-refractivity contribution in [2.24, 2.45) is 0 Å². The van der Waals surface area contributed by atoms with Crippen molar-refractivity contribution in [2.75, 3.05) is 0 Å². The Kier molecular flexibility index (Phi) is 4.36. The molecule has 1 heterocycles. The minimum Gasteiger partial charge on any atom is -0.313 e. The third-order valence-electron chi connectivity index (χ3n) is 1.98. The maximum absolute atomic E-state index is 13.6. The number of nitrogens with one attached hydrogen (secondary N) is 1. The molecule has 0 aliphatic rings. The zero-order chi connectivity index (χ0) is 11.7. The van der Waals surface area contributed by atoms with E-state index >= 15 is 0 Å². The summed E-state index contributed by atoms with van der Waals surface area (Å²) in [6.45, 7) is 0. The molecule has 0 aliphatic carbocycles. The highest BCUT2D eigenvalue weighted by molar-refractivity contribution is 8.93. The molecule has 0 amide bonds. The van der Waals surface area contributed by atoms with E-state index in [9.17, 15) is 13.6 Å². The van der Waals surface area contributed by atoms with Crippen LogP contribution in [0.5, 0.6) is 0 Å². The standard InChI is InChI=1S/C10H5ClF2N2O.BrH/c11-5-1-2-6(12)9(10(5)13)7-3-8(16)15-4-14-7;/h1-4H,(H,14,15,16);1H. The highest BCUT2D eigenvalue weighted by Crippen LogP contribution is 2.28. The first-order valence-electron chi connectivity index (χ1n) is 4.28. The summed E-state index contributed by atoms with van der Waals surface area (Å²) in [5.41, 5.74) is -0.997. The molecule has 7 heteroatoms. The van der Waals surface area contributed by atoms with E-state index in [1.54, 1.807) is 0 Å². The Hall–Kier alpha value is -1.27. The van der Waals surface area contributed by atoms with Gasteiger partial charge in [0.2, 0.25) is 0 Å². The zero-order valence-corrected chi connectivity index (χ0v) is 10.7. The van der Waals surface area contributed by atoms with Crippen molar-refractivity contribution in [2.45, 2.75) is 0 Å². The summed E-state index contributed by atoms with van der Waals surface area (Å²) < 4.78 is 27.0. The molecule has 0 saturated heterocycles. The minimum absolute atomic E-state index is 0. The number of rotatable bonds is 1. The van der Waals surface area contributed by atoms with Crippen LogP contribution in [0.1, 0.15) is 0 Å². The van der Waals surface area contributed by atoms with Crippen LogP contribution in [0.2, 0.25) is 5.02 Å². The molecule has 0 aliphatic heterocycles. The average Bonchev–Trinajstić information content (AvgIpc) is 2.24. The third-order valence-corrected chi connectivity index (χ3v) is 2.27. The van der Waals surface area contributed by atoms with Gasteiger partial charge in [-0.15, -0.1) is 17.0 Å². The molecule has 90 valence electrons. The van der Waals surface area contributed by atoms with Gasteiger partial charge in [-0.3, -0.25) is 4.79 Å². The fraction of sp³-hybridized carbons (Fsp3) is 0. The fourth-order valence-electron chi connectivity index (χ4n) is 1.27. The van der Waals surface area contributed by atoms with Crippen LogP contribution in [0, 0.1) is 11.6 Å². The molecule has 2 aromatic rings. The Morgan fingerprint density at radius 1 is 1.29 bits per heavy atom. The van der Waals surface area contributed by atoms with Crippen molar-refractivity contribution in [3.05, 3.63) is 51.5 Å². The smallest absolute Gasteiger partial charge is 0.251 e. The maximum Gasteiger partial charge on any atom is 0.251 e. The van der Waals surface area contributed by atoms with Crippen LogP contribution in [-0.4, -0.2) is 9.97 Å². The summed E-state index contributed by atoms with van der Waals surface area (Å²) >= 11 is 5.52. The number of nitrogens with zero attached hydrogens (tertiary/aromatic N) is 1. The summed E-state index contributed by atoms with van der Waals surface area (Å²) in [6.07, 6.45) is 1.07. The Morgan fingerprint density at radius 2 is 2.00 bits per heavy atom. The molecule has 17 heavy (non-hydrogen) atoms. The molecule has 1 aromatic heterocycles. The second-order valence-corrected chi connectivity index (χ2v) is 3.42. The van der Waals surface area contributed by atoms with Crippen molar-refractivity contribution in [3.8, 4) is 11.3 Å². The van der Waals surface area contributed by atoms with E-state index < -0.39 is 22.8 Å². The average molecular weight is 324 g/mol. The van der Waals surface area contributed by atoms with Crippen LogP contribution >= 0.6 is 28.6 Å². The van der Waals surface area contributed by atoms with Crippen molar-refractivity contribution >= 4 is 28.6 Å². The van der Waals surface area contributed by atoms with Gasteiger partial charge in [0.05, 0.1) is 22.6 Å². The molecule has 0 bridgehead atoms. The van der Waals surface area contributed by atoms with Crippen LogP contribution in [0.15, 0.2) is 29.3 Å². The summed E-state index contributed by atoms with van der Waals surface area (Å²) in [7, 11) is 0. The predicted molar refractivity (Wildman–Crippen MR) is 65.5 cm³/mol. The number of hydrogen-bond acceptors (Lipinski definition) is 2.